The summed E-state index contributed by atoms with van der Waals surface area (Å²) in [6.45, 7) is 3.67. The molecule has 30 heavy (non-hydrogen) atoms. The Bertz CT molecular complexity index is 1080. The first-order valence-electron chi connectivity index (χ1n) is 9.50. The largest absolute Gasteiger partial charge is 0.484 e. The van der Waals surface area contributed by atoms with E-state index in [1.807, 2.05) is 56.3 Å². The molecule has 0 bridgehead atoms. The number of hydrogen-bond acceptors (Lipinski definition) is 4. The maximum atomic E-state index is 12.5. The number of benzene rings is 3. The SMILES string of the molecule is Cc1ccc(NS(=O)(=O)c2ccc(OCC(=O)NC(C)c3ccccc3)cc2)cc1. The van der Waals surface area contributed by atoms with E-state index in [9.17, 15) is 13.2 Å². The van der Waals surface area contributed by atoms with E-state index in [1.165, 1.54) is 24.3 Å². The normalized spacial score (nSPS) is 12.1. The molecule has 156 valence electrons. The lowest BCUT2D eigenvalue weighted by atomic mass is 10.1. The number of hydrogen-bond donors (Lipinski definition) is 2. The molecule has 0 heterocycles. The average Bonchev–Trinajstić information content (AvgIpc) is 2.74. The van der Waals surface area contributed by atoms with E-state index in [1.54, 1.807) is 12.1 Å². The zero-order valence-electron chi connectivity index (χ0n) is 16.8. The molecule has 1 atom stereocenters. The number of carbonyl (C=O) groups is 1. The van der Waals surface area contributed by atoms with Crippen molar-refractivity contribution >= 4 is 21.6 Å². The van der Waals surface area contributed by atoms with Crippen LogP contribution in [-0.2, 0) is 14.8 Å². The topological polar surface area (TPSA) is 84.5 Å². The minimum absolute atomic E-state index is 0.109. The van der Waals surface area contributed by atoms with Gasteiger partial charge in [0.05, 0.1) is 10.9 Å². The monoisotopic (exact) mass is 424 g/mol. The van der Waals surface area contributed by atoms with Crippen molar-refractivity contribution < 1.29 is 17.9 Å². The first-order chi connectivity index (χ1) is 14.3. The van der Waals surface area contributed by atoms with Crippen LogP contribution in [0.1, 0.15) is 24.1 Å². The molecule has 1 unspecified atom stereocenters. The molecule has 1 amide bonds. The van der Waals surface area contributed by atoms with Gasteiger partial charge in [0.15, 0.2) is 6.61 Å². The second-order valence-corrected chi connectivity index (χ2v) is 8.61. The number of rotatable bonds is 8. The molecule has 0 saturated carbocycles. The van der Waals surface area contributed by atoms with Gasteiger partial charge in [-0.3, -0.25) is 9.52 Å². The summed E-state index contributed by atoms with van der Waals surface area (Å²) >= 11 is 0. The molecule has 0 fully saturated rings. The Morgan fingerprint density at radius 1 is 0.933 bits per heavy atom. The van der Waals surface area contributed by atoms with Gasteiger partial charge in [-0.05, 0) is 55.8 Å². The molecule has 3 aromatic carbocycles. The zero-order chi connectivity index (χ0) is 21.6. The molecule has 3 rings (SSSR count). The Hall–Kier alpha value is -3.32. The lowest BCUT2D eigenvalue weighted by Gasteiger charge is -2.15. The highest BCUT2D eigenvalue weighted by atomic mass is 32.2. The first-order valence-corrected chi connectivity index (χ1v) is 11.0. The number of ether oxygens (including phenoxy) is 1. The third-order valence-electron chi connectivity index (χ3n) is 4.48. The van der Waals surface area contributed by atoms with Crippen LogP contribution >= 0.6 is 0 Å². The number of aryl methyl sites for hydroxylation is 1. The van der Waals surface area contributed by atoms with Crippen LogP contribution in [0.15, 0.2) is 83.8 Å². The lowest BCUT2D eigenvalue weighted by Crippen LogP contribution is -2.31. The molecule has 0 spiro atoms. The smallest absolute Gasteiger partial charge is 0.261 e. The average molecular weight is 425 g/mol. The zero-order valence-corrected chi connectivity index (χ0v) is 17.6. The molecule has 3 aromatic rings. The highest BCUT2D eigenvalue weighted by Gasteiger charge is 2.15. The van der Waals surface area contributed by atoms with Crippen LogP contribution < -0.4 is 14.8 Å². The Kier molecular flexibility index (Phi) is 6.74. The van der Waals surface area contributed by atoms with E-state index in [0.29, 0.717) is 11.4 Å². The molecule has 2 N–H and O–H groups in total. The molecule has 0 radical (unpaired) electrons. The predicted molar refractivity (Wildman–Crippen MR) is 117 cm³/mol. The van der Waals surface area contributed by atoms with Crippen LogP contribution in [0.25, 0.3) is 0 Å². The van der Waals surface area contributed by atoms with Crippen molar-refractivity contribution in [2.75, 3.05) is 11.3 Å². The van der Waals surface area contributed by atoms with Gasteiger partial charge < -0.3 is 10.1 Å². The Morgan fingerprint density at radius 3 is 2.20 bits per heavy atom. The van der Waals surface area contributed by atoms with Gasteiger partial charge in [0, 0.05) is 5.69 Å². The van der Waals surface area contributed by atoms with Gasteiger partial charge >= 0.3 is 0 Å². The highest BCUT2D eigenvalue weighted by molar-refractivity contribution is 7.92. The maximum absolute atomic E-state index is 12.5. The van der Waals surface area contributed by atoms with E-state index in [4.69, 9.17) is 4.74 Å². The number of anilines is 1. The molecule has 7 heteroatoms. The lowest BCUT2D eigenvalue weighted by molar-refractivity contribution is -0.123. The highest BCUT2D eigenvalue weighted by Crippen LogP contribution is 2.20. The third-order valence-corrected chi connectivity index (χ3v) is 5.88. The number of sulfonamides is 1. The molecular weight excluding hydrogens is 400 g/mol. The standard InChI is InChI=1S/C23H24N2O4S/c1-17-8-10-20(11-9-17)25-30(27,28)22-14-12-21(13-15-22)29-16-23(26)24-18(2)19-6-4-3-5-7-19/h3-15,18,25H,16H2,1-2H3,(H,24,26). The fraction of sp³-hybridized carbons (Fsp3) is 0.174. The predicted octanol–water partition coefficient (Wildman–Crippen LogP) is 4.05. The van der Waals surface area contributed by atoms with Crippen molar-refractivity contribution in [3.05, 3.63) is 90.0 Å². The Morgan fingerprint density at radius 2 is 1.57 bits per heavy atom. The van der Waals surface area contributed by atoms with Gasteiger partial charge in [-0.25, -0.2) is 8.42 Å². The molecule has 6 nitrogen and oxygen atoms in total. The second kappa shape index (κ2) is 9.45. The van der Waals surface area contributed by atoms with E-state index in [-0.39, 0.29) is 23.5 Å². The van der Waals surface area contributed by atoms with Gasteiger partial charge in [0.2, 0.25) is 0 Å². The minimum atomic E-state index is -3.71. The van der Waals surface area contributed by atoms with Crippen LogP contribution in [-0.4, -0.2) is 20.9 Å². The fourth-order valence-corrected chi connectivity index (χ4v) is 3.87. The molecule has 0 aliphatic carbocycles. The van der Waals surface area contributed by atoms with Crippen molar-refractivity contribution in [3.63, 3.8) is 0 Å². The molecule has 0 aliphatic rings. The number of nitrogens with one attached hydrogen (secondary N) is 2. The van der Waals surface area contributed by atoms with Gasteiger partial charge in [0.25, 0.3) is 15.9 Å². The van der Waals surface area contributed by atoms with Crippen molar-refractivity contribution in [1.82, 2.24) is 5.32 Å². The van der Waals surface area contributed by atoms with Crippen LogP contribution in [0.3, 0.4) is 0 Å². The first kappa shape index (κ1) is 21.4. The second-order valence-electron chi connectivity index (χ2n) is 6.93. The van der Waals surface area contributed by atoms with Crippen molar-refractivity contribution in [2.45, 2.75) is 24.8 Å². The summed E-state index contributed by atoms with van der Waals surface area (Å²) in [5, 5.41) is 2.86. The summed E-state index contributed by atoms with van der Waals surface area (Å²) in [6.07, 6.45) is 0. The molecule has 0 aromatic heterocycles. The van der Waals surface area contributed by atoms with Gasteiger partial charge in [0.1, 0.15) is 5.75 Å². The van der Waals surface area contributed by atoms with E-state index < -0.39 is 10.0 Å². The quantitative estimate of drug-likeness (QED) is 0.571. The third kappa shape index (κ3) is 5.84. The fourth-order valence-electron chi connectivity index (χ4n) is 2.81. The summed E-state index contributed by atoms with van der Waals surface area (Å²) in [6, 6.07) is 22.5. The van der Waals surface area contributed by atoms with Crippen molar-refractivity contribution in [2.24, 2.45) is 0 Å². The van der Waals surface area contributed by atoms with Crippen LogP contribution in [0.4, 0.5) is 5.69 Å². The van der Waals surface area contributed by atoms with Crippen LogP contribution in [0.2, 0.25) is 0 Å². The number of amides is 1. The molecular formula is C23H24N2O4S. The van der Waals surface area contributed by atoms with E-state index in [0.717, 1.165) is 11.1 Å². The number of carbonyl (C=O) groups excluding carboxylic acids is 1. The van der Waals surface area contributed by atoms with E-state index in [2.05, 4.69) is 10.0 Å². The van der Waals surface area contributed by atoms with Gasteiger partial charge in [-0.15, -0.1) is 0 Å². The molecule has 0 aliphatic heterocycles. The van der Waals surface area contributed by atoms with Crippen LogP contribution in [0.5, 0.6) is 5.75 Å². The maximum Gasteiger partial charge on any atom is 0.261 e. The summed E-state index contributed by atoms with van der Waals surface area (Å²) in [7, 11) is -3.71. The van der Waals surface area contributed by atoms with Gasteiger partial charge in [-0.1, -0.05) is 48.0 Å². The summed E-state index contributed by atoms with van der Waals surface area (Å²) in [4.78, 5) is 12.2. The van der Waals surface area contributed by atoms with Crippen molar-refractivity contribution in [1.29, 1.82) is 0 Å². The summed E-state index contributed by atoms with van der Waals surface area (Å²) < 4.78 is 33.0. The van der Waals surface area contributed by atoms with Crippen LogP contribution in [0, 0.1) is 6.92 Å². The van der Waals surface area contributed by atoms with E-state index >= 15 is 0 Å². The Labute approximate surface area is 177 Å². The summed E-state index contributed by atoms with van der Waals surface area (Å²) in [5.74, 6) is 0.149. The van der Waals surface area contributed by atoms with Gasteiger partial charge in [-0.2, -0.15) is 0 Å². The van der Waals surface area contributed by atoms with Crippen molar-refractivity contribution in [3.8, 4) is 5.75 Å². The molecule has 0 saturated heterocycles. The Balaban J connectivity index is 1.55. The minimum Gasteiger partial charge on any atom is -0.484 e. The summed E-state index contributed by atoms with van der Waals surface area (Å²) in [5.41, 5.74) is 2.54.